The molecular formula is C35H49NO6Si. The molecule has 234 valence electrons. The maximum Gasteiger partial charge on any atom is 0.338 e. The van der Waals surface area contributed by atoms with Gasteiger partial charge in [0.1, 0.15) is 6.61 Å². The highest BCUT2D eigenvalue weighted by Gasteiger charge is 2.49. The average Bonchev–Trinajstić information content (AvgIpc) is 3.02. The van der Waals surface area contributed by atoms with Gasteiger partial charge in [0.05, 0.1) is 51.8 Å². The van der Waals surface area contributed by atoms with Crippen molar-refractivity contribution in [3.63, 3.8) is 0 Å². The van der Waals surface area contributed by atoms with Gasteiger partial charge in [0.2, 0.25) is 0 Å². The minimum atomic E-state index is -2.54. The Hall–Kier alpha value is -3.01. The van der Waals surface area contributed by atoms with Crippen molar-refractivity contribution in [1.82, 2.24) is 0 Å². The molecular weight excluding hydrogens is 558 g/mol. The van der Waals surface area contributed by atoms with E-state index in [1.165, 1.54) is 10.4 Å². The fraction of sp³-hybridized carbons (Fsp3) is 0.457. The van der Waals surface area contributed by atoms with Crippen molar-refractivity contribution in [3.8, 4) is 0 Å². The summed E-state index contributed by atoms with van der Waals surface area (Å²) in [5.74, 6) is -0.351. The number of nitrogens with one attached hydrogen (secondary N) is 1. The Bertz CT molecular complexity index is 1130. The van der Waals surface area contributed by atoms with Gasteiger partial charge in [0.15, 0.2) is 0 Å². The standard InChI is InChI=1S/C35H49NO6Si/c1-5-6-21-36-31-19-17-30(18-20-31)34(37)41-28-26-39-24-22-38-23-25-40-27-29-42-43(35(2,3)4,32-13-9-7-10-14-32)33-15-11-8-12-16-33/h7-20,36H,5-6,21-29H2,1-4H3. The van der Waals surface area contributed by atoms with E-state index in [1.807, 2.05) is 24.3 Å². The van der Waals surface area contributed by atoms with Crippen LogP contribution in [0.3, 0.4) is 0 Å². The van der Waals surface area contributed by atoms with Crippen LogP contribution < -0.4 is 15.7 Å². The van der Waals surface area contributed by atoms with Crippen LogP contribution in [-0.4, -0.2) is 73.7 Å². The predicted octanol–water partition coefficient (Wildman–Crippen LogP) is 5.68. The van der Waals surface area contributed by atoms with Crippen LogP contribution in [0.2, 0.25) is 5.04 Å². The number of ether oxygens (including phenoxy) is 4. The Balaban J connectivity index is 1.27. The number of carbonyl (C=O) groups is 1. The molecule has 0 radical (unpaired) electrons. The highest BCUT2D eigenvalue weighted by molar-refractivity contribution is 6.99. The molecule has 0 atom stereocenters. The maximum atomic E-state index is 12.2. The van der Waals surface area contributed by atoms with Crippen molar-refractivity contribution in [2.45, 2.75) is 45.6 Å². The lowest BCUT2D eigenvalue weighted by atomic mass is 10.2. The topological polar surface area (TPSA) is 75.3 Å². The van der Waals surface area contributed by atoms with Crippen molar-refractivity contribution in [1.29, 1.82) is 0 Å². The van der Waals surface area contributed by atoms with Gasteiger partial charge in [0, 0.05) is 12.2 Å². The molecule has 0 fully saturated rings. The number of hydrogen-bond acceptors (Lipinski definition) is 7. The molecule has 0 aliphatic rings. The zero-order chi connectivity index (χ0) is 30.8. The molecule has 1 N–H and O–H groups in total. The zero-order valence-corrected chi connectivity index (χ0v) is 27.3. The Morgan fingerprint density at radius 2 is 1.16 bits per heavy atom. The number of unbranched alkanes of at least 4 members (excludes halogenated alkanes) is 1. The summed E-state index contributed by atoms with van der Waals surface area (Å²) in [5, 5.41) is 5.79. The lowest BCUT2D eigenvalue weighted by molar-refractivity contribution is -0.00254. The van der Waals surface area contributed by atoms with Crippen molar-refractivity contribution in [3.05, 3.63) is 90.5 Å². The molecule has 0 unspecified atom stereocenters. The van der Waals surface area contributed by atoms with E-state index in [0.29, 0.717) is 51.8 Å². The summed E-state index contributed by atoms with van der Waals surface area (Å²) in [5.41, 5.74) is 1.53. The van der Waals surface area contributed by atoms with Gasteiger partial charge < -0.3 is 28.7 Å². The maximum absolute atomic E-state index is 12.2. The zero-order valence-electron chi connectivity index (χ0n) is 26.3. The molecule has 7 nitrogen and oxygen atoms in total. The van der Waals surface area contributed by atoms with Gasteiger partial charge in [-0.15, -0.1) is 0 Å². The van der Waals surface area contributed by atoms with Crippen LogP contribution in [0, 0.1) is 0 Å². The number of anilines is 1. The molecule has 0 amide bonds. The normalized spacial score (nSPS) is 11.8. The second-order valence-corrected chi connectivity index (χ2v) is 15.6. The van der Waals surface area contributed by atoms with Crippen LogP contribution in [0.4, 0.5) is 5.69 Å². The quantitative estimate of drug-likeness (QED) is 0.101. The molecule has 0 saturated heterocycles. The Kier molecular flexibility index (Phi) is 14.9. The van der Waals surface area contributed by atoms with Crippen LogP contribution in [-0.2, 0) is 23.4 Å². The molecule has 3 aromatic carbocycles. The van der Waals surface area contributed by atoms with Crippen LogP contribution >= 0.6 is 0 Å². The first kappa shape index (κ1) is 34.5. The smallest absolute Gasteiger partial charge is 0.338 e. The number of benzene rings is 3. The third kappa shape index (κ3) is 10.9. The molecule has 43 heavy (non-hydrogen) atoms. The second kappa shape index (κ2) is 18.6. The largest absolute Gasteiger partial charge is 0.460 e. The fourth-order valence-electron chi connectivity index (χ4n) is 4.97. The molecule has 3 aromatic rings. The summed E-state index contributed by atoms with van der Waals surface area (Å²) in [4.78, 5) is 12.2. The van der Waals surface area contributed by atoms with E-state index < -0.39 is 8.32 Å². The highest BCUT2D eigenvalue weighted by Crippen LogP contribution is 2.36. The number of carbonyl (C=O) groups excluding carboxylic acids is 1. The first-order valence-corrected chi connectivity index (χ1v) is 17.3. The monoisotopic (exact) mass is 607 g/mol. The second-order valence-electron chi connectivity index (χ2n) is 11.3. The third-order valence-corrected chi connectivity index (χ3v) is 12.2. The molecule has 8 heteroatoms. The molecule has 0 heterocycles. The first-order valence-electron chi connectivity index (χ1n) is 15.4. The van der Waals surface area contributed by atoms with E-state index in [9.17, 15) is 4.79 Å². The molecule has 0 aliphatic heterocycles. The average molecular weight is 608 g/mol. The molecule has 0 spiro atoms. The highest BCUT2D eigenvalue weighted by atomic mass is 28.4. The lowest BCUT2D eigenvalue weighted by Gasteiger charge is -2.43. The number of esters is 1. The Morgan fingerprint density at radius 1 is 0.674 bits per heavy atom. The van der Waals surface area contributed by atoms with Gasteiger partial charge in [-0.05, 0) is 46.1 Å². The van der Waals surface area contributed by atoms with E-state index in [0.717, 1.165) is 25.1 Å². The number of hydrogen-bond donors (Lipinski definition) is 1. The van der Waals surface area contributed by atoms with Gasteiger partial charge in [-0.3, -0.25) is 0 Å². The van der Waals surface area contributed by atoms with Crippen molar-refractivity contribution in [2.24, 2.45) is 0 Å². The van der Waals surface area contributed by atoms with Crippen molar-refractivity contribution >= 4 is 30.3 Å². The third-order valence-electron chi connectivity index (χ3n) is 7.15. The van der Waals surface area contributed by atoms with E-state index in [1.54, 1.807) is 12.1 Å². The minimum Gasteiger partial charge on any atom is -0.460 e. The summed E-state index contributed by atoms with van der Waals surface area (Å²) in [6, 6.07) is 28.6. The molecule has 0 aliphatic carbocycles. The minimum absolute atomic E-state index is 0.0615. The van der Waals surface area contributed by atoms with Gasteiger partial charge in [-0.25, -0.2) is 4.79 Å². The molecule has 3 rings (SSSR count). The van der Waals surface area contributed by atoms with E-state index in [2.05, 4.69) is 81.5 Å². The summed E-state index contributed by atoms with van der Waals surface area (Å²) < 4.78 is 29.1. The number of rotatable bonds is 20. The van der Waals surface area contributed by atoms with Crippen LogP contribution in [0.15, 0.2) is 84.9 Å². The first-order chi connectivity index (χ1) is 20.9. The predicted molar refractivity (Wildman–Crippen MR) is 176 cm³/mol. The summed E-state index contributed by atoms with van der Waals surface area (Å²) in [7, 11) is -2.54. The summed E-state index contributed by atoms with van der Waals surface area (Å²) in [6.07, 6.45) is 2.25. The SMILES string of the molecule is CCCCNc1ccc(C(=O)OCCOCCOCCOCCO[Si](c2ccccc2)(c2ccccc2)C(C)(C)C)cc1. The molecule has 0 bridgehead atoms. The van der Waals surface area contributed by atoms with Crippen molar-refractivity contribution < 1.29 is 28.2 Å². The Labute approximate surface area is 259 Å². The van der Waals surface area contributed by atoms with Gasteiger partial charge in [-0.2, -0.15) is 0 Å². The van der Waals surface area contributed by atoms with Gasteiger partial charge >= 0.3 is 5.97 Å². The molecule has 0 saturated carbocycles. The van der Waals surface area contributed by atoms with Crippen LogP contribution in [0.25, 0.3) is 0 Å². The van der Waals surface area contributed by atoms with E-state index >= 15 is 0 Å². The van der Waals surface area contributed by atoms with E-state index in [-0.39, 0.29) is 17.6 Å². The van der Waals surface area contributed by atoms with Crippen LogP contribution in [0.1, 0.15) is 50.9 Å². The summed E-state index contributed by atoms with van der Waals surface area (Å²) in [6.45, 7) is 13.2. The molecule has 0 aromatic heterocycles. The van der Waals surface area contributed by atoms with E-state index in [4.69, 9.17) is 23.4 Å². The fourth-order valence-corrected chi connectivity index (χ4v) is 9.51. The Morgan fingerprint density at radius 3 is 1.65 bits per heavy atom. The van der Waals surface area contributed by atoms with Crippen LogP contribution in [0.5, 0.6) is 0 Å². The lowest BCUT2D eigenvalue weighted by Crippen LogP contribution is -2.66. The van der Waals surface area contributed by atoms with Gasteiger partial charge in [-0.1, -0.05) is 94.8 Å². The van der Waals surface area contributed by atoms with Crippen molar-refractivity contribution in [2.75, 3.05) is 64.7 Å². The summed E-state index contributed by atoms with van der Waals surface area (Å²) >= 11 is 0. The van der Waals surface area contributed by atoms with Gasteiger partial charge in [0.25, 0.3) is 8.32 Å².